The number of nitrogens with one attached hydrogen (secondary N) is 1. The lowest BCUT2D eigenvalue weighted by Gasteiger charge is -2.45. The number of carbonyl (C=O) groups is 1. The van der Waals surface area contributed by atoms with E-state index in [2.05, 4.69) is 19.9 Å². The molecule has 0 radical (unpaired) electrons. The summed E-state index contributed by atoms with van der Waals surface area (Å²) in [5.41, 5.74) is 0.792. The number of pyridine rings is 1. The van der Waals surface area contributed by atoms with Crippen molar-refractivity contribution in [3.8, 4) is 11.4 Å². The number of halogens is 3. The number of ether oxygens (including phenoxy) is 1. The average Bonchev–Trinajstić information content (AvgIpc) is 3.23. The molecule has 4 heterocycles. The number of benzene rings is 1. The van der Waals surface area contributed by atoms with Crippen molar-refractivity contribution in [1.29, 1.82) is 0 Å². The van der Waals surface area contributed by atoms with Gasteiger partial charge in [0.2, 0.25) is 0 Å². The third-order valence-electron chi connectivity index (χ3n) is 6.78. The molecule has 0 amide bonds. The molecule has 2 N–H and O–H groups in total. The van der Waals surface area contributed by atoms with Crippen molar-refractivity contribution >= 4 is 22.8 Å². The number of H-pyrrole nitrogens is 1. The number of carboxylic acid groups (broad SMARTS) is 1. The first-order chi connectivity index (χ1) is 15.7. The van der Waals surface area contributed by atoms with Gasteiger partial charge in [-0.1, -0.05) is 0 Å². The number of hydrogen-bond donors (Lipinski definition) is 2. The molecule has 1 aromatic carbocycles. The summed E-state index contributed by atoms with van der Waals surface area (Å²) in [7, 11) is 0. The van der Waals surface area contributed by atoms with Gasteiger partial charge in [0.15, 0.2) is 6.10 Å². The van der Waals surface area contributed by atoms with Gasteiger partial charge in [0.1, 0.15) is 11.6 Å². The van der Waals surface area contributed by atoms with E-state index in [-0.39, 0.29) is 5.41 Å². The molecule has 2 aliphatic rings. The van der Waals surface area contributed by atoms with E-state index in [4.69, 9.17) is 9.84 Å². The van der Waals surface area contributed by atoms with Crippen molar-refractivity contribution in [1.82, 2.24) is 15.0 Å². The van der Waals surface area contributed by atoms with E-state index in [9.17, 15) is 18.0 Å². The molecule has 0 bridgehead atoms. The van der Waals surface area contributed by atoms with Crippen molar-refractivity contribution in [2.24, 2.45) is 5.41 Å². The number of rotatable bonds is 3. The number of aliphatic carboxylic acids is 1. The second kappa shape index (κ2) is 8.02. The van der Waals surface area contributed by atoms with E-state index >= 15 is 0 Å². The van der Waals surface area contributed by atoms with Gasteiger partial charge in [-0.15, -0.1) is 0 Å². The van der Waals surface area contributed by atoms with Crippen LogP contribution in [0.4, 0.5) is 19.0 Å². The highest BCUT2D eigenvalue weighted by atomic mass is 19.4. The van der Waals surface area contributed by atoms with Gasteiger partial charge in [-0.05, 0) is 61.4 Å². The molecule has 1 atom stereocenters. The maximum absolute atomic E-state index is 13.0. The van der Waals surface area contributed by atoms with Gasteiger partial charge in [0.05, 0.1) is 23.2 Å². The van der Waals surface area contributed by atoms with Crippen LogP contribution in [0.3, 0.4) is 0 Å². The van der Waals surface area contributed by atoms with Gasteiger partial charge in [-0.25, -0.2) is 14.8 Å². The van der Waals surface area contributed by atoms with Gasteiger partial charge < -0.3 is 19.7 Å². The number of aromatic amines is 1. The maximum Gasteiger partial charge on any atom is 0.416 e. The van der Waals surface area contributed by atoms with Crippen LogP contribution in [0.2, 0.25) is 0 Å². The molecule has 5 rings (SSSR count). The Balaban J connectivity index is 1.26. The van der Waals surface area contributed by atoms with Crippen LogP contribution in [-0.2, 0) is 15.7 Å². The Labute approximate surface area is 187 Å². The lowest BCUT2D eigenvalue weighted by Crippen LogP contribution is -2.47. The Morgan fingerprint density at radius 2 is 1.97 bits per heavy atom. The largest absolute Gasteiger partial charge is 0.479 e. The molecule has 2 fully saturated rings. The molecule has 7 nitrogen and oxygen atoms in total. The predicted molar refractivity (Wildman–Crippen MR) is 115 cm³/mol. The van der Waals surface area contributed by atoms with Crippen LogP contribution < -0.4 is 4.90 Å². The lowest BCUT2D eigenvalue weighted by atomic mass is 9.73. The SMILES string of the molecule is O=C(O)C1CCC2(CCN(c3ccc(-c4nc5ccc(C(F)(F)F)cc5[nH]4)cn3)CC2)CO1. The molecule has 0 aliphatic carbocycles. The fourth-order valence-corrected chi connectivity index (χ4v) is 4.71. The fourth-order valence-electron chi connectivity index (χ4n) is 4.71. The van der Waals surface area contributed by atoms with Gasteiger partial charge in [0.25, 0.3) is 0 Å². The van der Waals surface area contributed by atoms with E-state index in [1.165, 1.54) is 6.07 Å². The number of fused-ring (bicyclic) bond motifs is 1. The van der Waals surface area contributed by atoms with E-state index in [1.807, 2.05) is 12.1 Å². The van der Waals surface area contributed by atoms with E-state index in [0.29, 0.717) is 35.4 Å². The number of anilines is 1. The van der Waals surface area contributed by atoms with Crippen LogP contribution in [0.1, 0.15) is 31.2 Å². The maximum atomic E-state index is 13.0. The Morgan fingerprint density at radius 3 is 2.58 bits per heavy atom. The minimum atomic E-state index is -4.41. The zero-order valence-corrected chi connectivity index (χ0v) is 17.7. The molecule has 3 aromatic rings. The first-order valence-corrected chi connectivity index (χ1v) is 10.9. The van der Waals surface area contributed by atoms with E-state index < -0.39 is 23.8 Å². The van der Waals surface area contributed by atoms with Crippen LogP contribution >= 0.6 is 0 Å². The molecule has 2 aliphatic heterocycles. The molecule has 174 valence electrons. The lowest BCUT2D eigenvalue weighted by molar-refractivity contribution is -0.160. The zero-order chi connectivity index (χ0) is 23.2. The molecule has 1 unspecified atom stereocenters. The summed E-state index contributed by atoms with van der Waals surface area (Å²) in [6.45, 7) is 2.09. The normalized spacial score (nSPS) is 20.9. The monoisotopic (exact) mass is 460 g/mol. The van der Waals surface area contributed by atoms with Crippen LogP contribution in [-0.4, -0.2) is 51.8 Å². The number of carboxylic acids is 1. The summed E-state index contributed by atoms with van der Waals surface area (Å²) in [6.07, 6.45) is -0.208. The van der Waals surface area contributed by atoms with Gasteiger partial charge in [-0.3, -0.25) is 0 Å². The second-order valence-corrected chi connectivity index (χ2v) is 8.88. The number of piperidine rings is 1. The summed E-state index contributed by atoms with van der Waals surface area (Å²) in [5, 5.41) is 9.11. The van der Waals surface area contributed by atoms with Crippen LogP contribution in [0, 0.1) is 5.41 Å². The van der Waals surface area contributed by atoms with Crippen LogP contribution in [0.25, 0.3) is 22.4 Å². The highest BCUT2D eigenvalue weighted by molar-refractivity contribution is 5.80. The number of aromatic nitrogens is 3. The predicted octanol–water partition coefficient (Wildman–Crippen LogP) is 4.49. The van der Waals surface area contributed by atoms with Crippen molar-refractivity contribution in [3.63, 3.8) is 0 Å². The Bertz CT molecular complexity index is 1160. The molecular formula is C23H23F3N4O3. The summed E-state index contributed by atoms with van der Waals surface area (Å²) in [5.74, 6) is 0.398. The quantitative estimate of drug-likeness (QED) is 0.598. The van der Waals surface area contributed by atoms with Crippen molar-refractivity contribution in [3.05, 3.63) is 42.1 Å². The third-order valence-corrected chi connectivity index (χ3v) is 6.78. The van der Waals surface area contributed by atoms with E-state index in [0.717, 1.165) is 50.3 Å². The van der Waals surface area contributed by atoms with Crippen molar-refractivity contribution in [2.75, 3.05) is 24.6 Å². The number of imidazole rings is 1. The van der Waals surface area contributed by atoms with E-state index in [1.54, 1.807) is 6.20 Å². The second-order valence-electron chi connectivity index (χ2n) is 8.88. The molecule has 33 heavy (non-hydrogen) atoms. The number of nitrogens with zero attached hydrogens (tertiary/aromatic N) is 3. The minimum absolute atomic E-state index is 0.0337. The smallest absolute Gasteiger partial charge is 0.416 e. The summed E-state index contributed by atoms with van der Waals surface area (Å²) >= 11 is 0. The molecule has 0 saturated carbocycles. The minimum Gasteiger partial charge on any atom is -0.479 e. The standard InChI is InChI=1S/C23H23F3N4O3/c24-23(25,26)15-2-3-16-17(11-15)29-20(28-16)14-1-4-19(27-12-14)30-9-7-22(8-10-30)6-5-18(21(31)32)33-13-22/h1-4,11-12,18H,5-10,13H2,(H,28,29)(H,31,32). The Hall–Kier alpha value is -3.14. The highest BCUT2D eigenvalue weighted by Gasteiger charge is 2.40. The van der Waals surface area contributed by atoms with Crippen LogP contribution in [0.5, 0.6) is 0 Å². The van der Waals surface area contributed by atoms with Gasteiger partial charge in [0, 0.05) is 24.8 Å². The summed E-state index contributed by atoms with van der Waals surface area (Å²) in [4.78, 5) is 25.2. The van der Waals surface area contributed by atoms with Crippen molar-refractivity contribution < 1.29 is 27.8 Å². The number of hydrogen-bond acceptors (Lipinski definition) is 5. The van der Waals surface area contributed by atoms with Gasteiger partial charge >= 0.3 is 12.1 Å². The summed E-state index contributed by atoms with van der Waals surface area (Å²) < 4.78 is 44.4. The fraction of sp³-hybridized carbons (Fsp3) is 0.435. The average molecular weight is 460 g/mol. The first kappa shape index (κ1) is 21.7. The Morgan fingerprint density at radius 1 is 1.18 bits per heavy atom. The first-order valence-electron chi connectivity index (χ1n) is 10.9. The molecule has 2 saturated heterocycles. The summed E-state index contributed by atoms with van der Waals surface area (Å²) in [6, 6.07) is 7.19. The topological polar surface area (TPSA) is 91.3 Å². The van der Waals surface area contributed by atoms with Crippen molar-refractivity contribution in [2.45, 2.75) is 38.0 Å². The highest BCUT2D eigenvalue weighted by Crippen LogP contribution is 2.41. The number of alkyl halides is 3. The molecule has 10 heteroatoms. The Kier molecular flexibility index (Phi) is 5.27. The van der Waals surface area contributed by atoms with Gasteiger partial charge in [-0.2, -0.15) is 13.2 Å². The molecular weight excluding hydrogens is 437 g/mol. The van der Waals surface area contributed by atoms with Crippen LogP contribution in [0.15, 0.2) is 36.5 Å². The molecule has 2 aromatic heterocycles. The molecule has 1 spiro atoms. The third kappa shape index (κ3) is 4.27. The zero-order valence-electron chi connectivity index (χ0n) is 17.7.